The Labute approximate surface area is 155 Å². The summed E-state index contributed by atoms with van der Waals surface area (Å²) in [6, 6.07) is 5.34. The van der Waals surface area contributed by atoms with Gasteiger partial charge in [0.1, 0.15) is 23.2 Å². The first-order valence-electron chi connectivity index (χ1n) is 9.17. The van der Waals surface area contributed by atoms with Gasteiger partial charge in [-0.05, 0) is 36.8 Å². The number of fused-ring (bicyclic) bond motifs is 1. The molecule has 0 spiro atoms. The number of nitrogens with one attached hydrogen (secondary N) is 1. The van der Waals surface area contributed by atoms with Crippen LogP contribution in [0.25, 0.3) is 0 Å². The van der Waals surface area contributed by atoms with Crippen molar-refractivity contribution in [1.82, 2.24) is 15.1 Å². The summed E-state index contributed by atoms with van der Waals surface area (Å²) in [5.41, 5.74) is -0.505. The fraction of sp³-hybridized carbons (Fsp3) is 0.526. The van der Waals surface area contributed by atoms with Gasteiger partial charge in [-0.15, -0.1) is 0 Å². The van der Waals surface area contributed by atoms with Crippen LogP contribution >= 0.6 is 0 Å². The molecule has 2 aliphatic heterocycles. The Morgan fingerprint density at radius 1 is 1.22 bits per heavy atom. The highest BCUT2D eigenvalue weighted by Gasteiger charge is 2.56. The third-order valence-electron chi connectivity index (χ3n) is 5.87. The minimum absolute atomic E-state index is 0.0783. The van der Waals surface area contributed by atoms with Crippen LogP contribution < -0.4 is 5.32 Å². The summed E-state index contributed by atoms with van der Waals surface area (Å²) in [4.78, 5) is 27.8. The highest BCUT2D eigenvalue weighted by Crippen LogP contribution is 2.45. The van der Waals surface area contributed by atoms with E-state index in [2.05, 4.69) is 11.4 Å². The second-order valence-corrected chi connectivity index (χ2v) is 7.42. The van der Waals surface area contributed by atoms with Gasteiger partial charge in [0, 0.05) is 25.7 Å². The fourth-order valence-electron chi connectivity index (χ4n) is 4.36. The van der Waals surface area contributed by atoms with E-state index < -0.39 is 23.1 Å². The summed E-state index contributed by atoms with van der Waals surface area (Å²) in [7, 11) is 0. The molecule has 2 saturated heterocycles. The summed E-state index contributed by atoms with van der Waals surface area (Å²) in [5.74, 6) is -2.01. The lowest BCUT2D eigenvalue weighted by molar-refractivity contribution is -0.130. The predicted molar refractivity (Wildman–Crippen MR) is 91.4 cm³/mol. The molecule has 27 heavy (non-hydrogen) atoms. The molecule has 2 unspecified atom stereocenters. The third-order valence-corrected chi connectivity index (χ3v) is 5.87. The van der Waals surface area contributed by atoms with Crippen molar-refractivity contribution in [2.24, 2.45) is 11.8 Å². The standard InChI is InChI=1S/C19H20F2N4O2/c20-14-4-1-5-15(21)17(14)19(27)24-9-12-13(10-24)18(12)23-8-16(26)25-6-2-3-11(25)7-22/h1,4-5,11-13,18,23H,2-3,6,8-10H2/t11-,12?,13?,18?/m0/s1. The quantitative estimate of drug-likeness (QED) is 0.858. The van der Waals surface area contributed by atoms with Gasteiger partial charge >= 0.3 is 0 Å². The lowest BCUT2D eigenvalue weighted by Crippen LogP contribution is -2.43. The Morgan fingerprint density at radius 2 is 1.89 bits per heavy atom. The Morgan fingerprint density at radius 3 is 2.52 bits per heavy atom. The highest BCUT2D eigenvalue weighted by molar-refractivity contribution is 5.95. The Kier molecular flexibility index (Phi) is 4.56. The van der Waals surface area contributed by atoms with Crippen LogP contribution in [0, 0.1) is 34.8 Å². The lowest BCUT2D eigenvalue weighted by Gasteiger charge is -2.22. The van der Waals surface area contributed by atoms with Crippen molar-refractivity contribution in [3.63, 3.8) is 0 Å². The van der Waals surface area contributed by atoms with E-state index in [4.69, 9.17) is 5.26 Å². The van der Waals surface area contributed by atoms with Gasteiger partial charge in [0.05, 0.1) is 12.6 Å². The van der Waals surface area contributed by atoms with E-state index in [1.807, 2.05) is 0 Å². The van der Waals surface area contributed by atoms with Crippen molar-refractivity contribution in [3.05, 3.63) is 35.4 Å². The number of rotatable bonds is 4. The zero-order chi connectivity index (χ0) is 19.1. The van der Waals surface area contributed by atoms with Crippen LogP contribution in [-0.2, 0) is 4.79 Å². The number of benzene rings is 1. The lowest BCUT2D eigenvalue weighted by atomic mass is 10.1. The van der Waals surface area contributed by atoms with Gasteiger partial charge in [0.15, 0.2) is 0 Å². The molecule has 6 nitrogen and oxygen atoms in total. The van der Waals surface area contributed by atoms with E-state index in [0.717, 1.165) is 25.0 Å². The van der Waals surface area contributed by atoms with Crippen LogP contribution in [0.2, 0.25) is 0 Å². The number of carbonyl (C=O) groups excluding carboxylic acids is 2. The maximum atomic E-state index is 13.8. The summed E-state index contributed by atoms with van der Waals surface area (Å²) in [6.07, 6.45) is 1.57. The van der Waals surface area contributed by atoms with Crippen LogP contribution in [0.3, 0.4) is 0 Å². The predicted octanol–water partition coefficient (Wildman–Crippen LogP) is 1.14. The maximum Gasteiger partial charge on any atom is 0.259 e. The highest BCUT2D eigenvalue weighted by atomic mass is 19.1. The van der Waals surface area contributed by atoms with Crippen LogP contribution in [0.5, 0.6) is 0 Å². The first-order valence-corrected chi connectivity index (χ1v) is 9.17. The molecule has 2 amide bonds. The van der Waals surface area contributed by atoms with Crippen molar-refractivity contribution < 1.29 is 18.4 Å². The molecule has 2 heterocycles. The van der Waals surface area contributed by atoms with Crippen molar-refractivity contribution in [3.8, 4) is 6.07 Å². The van der Waals surface area contributed by atoms with E-state index >= 15 is 0 Å². The molecular formula is C19H20F2N4O2. The van der Waals surface area contributed by atoms with Crippen molar-refractivity contribution >= 4 is 11.8 Å². The third kappa shape index (κ3) is 3.16. The van der Waals surface area contributed by atoms with Gasteiger partial charge in [0.25, 0.3) is 5.91 Å². The average Bonchev–Trinajstić information content (AvgIpc) is 3.04. The molecule has 3 atom stereocenters. The molecule has 1 aromatic rings. The summed E-state index contributed by atoms with van der Waals surface area (Å²) >= 11 is 0. The SMILES string of the molecule is N#C[C@@H]1CCCN1C(=O)CNC1C2CN(C(=O)c3c(F)cccc3F)CC21. The normalized spacial score (nSPS) is 28.8. The molecule has 1 saturated carbocycles. The first-order chi connectivity index (χ1) is 13.0. The number of halogens is 2. The Hall–Kier alpha value is -2.53. The summed E-state index contributed by atoms with van der Waals surface area (Å²) in [6.45, 7) is 1.64. The molecule has 3 aliphatic rings. The van der Waals surface area contributed by atoms with Crippen molar-refractivity contribution in [1.29, 1.82) is 5.26 Å². The average molecular weight is 374 g/mol. The second kappa shape index (κ2) is 6.89. The number of hydrogen-bond donors (Lipinski definition) is 1. The van der Waals surface area contributed by atoms with E-state index in [-0.39, 0.29) is 36.4 Å². The first kappa shape index (κ1) is 17.9. The van der Waals surface area contributed by atoms with Gasteiger partial charge in [-0.2, -0.15) is 5.26 Å². The minimum atomic E-state index is -0.849. The molecular weight excluding hydrogens is 354 g/mol. The van der Waals surface area contributed by atoms with Crippen molar-refractivity contribution in [2.45, 2.75) is 24.9 Å². The van der Waals surface area contributed by atoms with E-state index in [1.165, 1.54) is 11.0 Å². The number of piperidine rings is 1. The number of hydrogen-bond acceptors (Lipinski definition) is 4. The van der Waals surface area contributed by atoms with E-state index in [1.54, 1.807) is 4.90 Å². The van der Waals surface area contributed by atoms with Gasteiger partial charge in [0.2, 0.25) is 5.91 Å². The summed E-state index contributed by atoms with van der Waals surface area (Å²) < 4.78 is 27.6. The summed E-state index contributed by atoms with van der Waals surface area (Å²) in [5, 5.41) is 12.3. The van der Waals surface area contributed by atoms with Gasteiger partial charge < -0.3 is 15.1 Å². The zero-order valence-corrected chi connectivity index (χ0v) is 14.7. The van der Waals surface area contributed by atoms with Gasteiger partial charge in [-0.1, -0.05) is 6.07 Å². The number of carbonyl (C=O) groups is 2. The number of nitriles is 1. The molecule has 0 bridgehead atoms. The van der Waals surface area contributed by atoms with E-state index in [0.29, 0.717) is 19.6 Å². The minimum Gasteiger partial charge on any atom is -0.338 e. The largest absolute Gasteiger partial charge is 0.338 e. The zero-order valence-electron chi connectivity index (χ0n) is 14.7. The van der Waals surface area contributed by atoms with Crippen LogP contribution in [0.15, 0.2) is 18.2 Å². The topological polar surface area (TPSA) is 76.4 Å². The van der Waals surface area contributed by atoms with Crippen LogP contribution in [0.4, 0.5) is 8.78 Å². The molecule has 1 N–H and O–H groups in total. The fourth-order valence-corrected chi connectivity index (χ4v) is 4.36. The maximum absolute atomic E-state index is 13.8. The van der Waals surface area contributed by atoms with E-state index in [9.17, 15) is 18.4 Å². The monoisotopic (exact) mass is 374 g/mol. The van der Waals surface area contributed by atoms with Gasteiger partial charge in [-0.3, -0.25) is 9.59 Å². The molecule has 0 radical (unpaired) electrons. The number of nitrogens with zero attached hydrogens (tertiary/aromatic N) is 3. The molecule has 4 rings (SSSR count). The second-order valence-electron chi connectivity index (χ2n) is 7.42. The number of likely N-dealkylation sites (tertiary alicyclic amines) is 2. The Balaban J connectivity index is 1.28. The Bertz CT molecular complexity index is 792. The molecule has 8 heteroatoms. The molecule has 142 valence electrons. The number of amides is 2. The van der Waals surface area contributed by atoms with Crippen LogP contribution in [-0.4, -0.2) is 59.9 Å². The van der Waals surface area contributed by atoms with Crippen LogP contribution in [0.1, 0.15) is 23.2 Å². The molecule has 0 aromatic heterocycles. The molecule has 3 fully saturated rings. The smallest absolute Gasteiger partial charge is 0.259 e. The van der Waals surface area contributed by atoms with Crippen molar-refractivity contribution in [2.75, 3.05) is 26.2 Å². The molecule has 1 aromatic carbocycles. The molecule has 1 aliphatic carbocycles. The van der Waals surface area contributed by atoms with Gasteiger partial charge in [-0.25, -0.2) is 8.78 Å².